The maximum atomic E-state index is 6.79. The molecule has 22 aromatic rings. The van der Waals surface area contributed by atoms with Crippen molar-refractivity contribution in [1.29, 1.82) is 0 Å². The zero-order chi connectivity index (χ0) is 69.8. The van der Waals surface area contributed by atoms with Gasteiger partial charge < -0.3 is 8.83 Å². The van der Waals surface area contributed by atoms with Crippen LogP contribution < -0.4 is 0 Å². The van der Waals surface area contributed by atoms with Gasteiger partial charge in [0.25, 0.3) is 0 Å². The van der Waals surface area contributed by atoms with E-state index < -0.39 is 0 Å². The molecule has 0 radical (unpaired) electrons. The van der Waals surface area contributed by atoms with E-state index in [-0.39, 0.29) is 0 Å². The quantitative estimate of drug-likeness (QED) is 0.130. The van der Waals surface area contributed by atoms with Crippen molar-refractivity contribution in [2.24, 2.45) is 0 Å². The number of imidazole rings is 2. The number of fused-ring (bicyclic) bond motifs is 14. The molecule has 14 aromatic carbocycles. The summed E-state index contributed by atoms with van der Waals surface area (Å²) >= 11 is 3.59. The summed E-state index contributed by atoms with van der Waals surface area (Å²) in [5.41, 5.74) is 16.3. The summed E-state index contributed by atoms with van der Waals surface area (Å²) in [6.07, 6.45) is 0. The minimum absolute atomic E-state index is 0.583. The van der Waals surface area contributed by atoms with Gasteiger partial charge in [-0.1, -0.05) is 218 Å². The van der Waals surface area contributed by atoms with E-state index in [1.165, 1.54) is 35.0 Å². The molecule has 8 aromatic heterocycles. The van der Waals surface area contributed by atoms with Crippen LogP contribution in [0.25, 0.3) is 209 Å². The molecule has 0 spiro atoms. The molecule has 12 nitrogen and oxygen atoms in total. The summed E-state index contributed by atoms with van der Waals surface area (Å²) < 4.78 is 22.9. The van der Waals surface area contributed by atoms with Gasteiger partial charge in [0, 0.05) is 107 Å². The van der Waals surface area contributed by atoms with Gasteiger partial charge in [-0.25, -0.2) is 39.9 Å². The standard InChI is InChI=1S/2C46H27N5OS/c1-3-14-28(15-4-1)43-48-44(50-45(49-43)33-21-13-27-39-41(33)30-18-7-10-26-38(30)53-39)32-20-12-25-37-40(32)31-19-11-22-34(42(31)52-37)46-47-35-23-8-9-24-36(35)51(46)29-16-5-2-6-17-29;1-3-13-28(14-4-1)43-48-44(29-25-26-40-35(27-29)31-17-7-10-24-39(31)53-40)50-45(49-43)33-19-12-23-38-41(33)32-18-11-20-34(42(32)52-38)46-47-36-21-8-9-22-37(36)51(46)30-15-5-2-6-16-30/h2*1-27H. The van der Waals surface area contributed by atoms with Crippen LogP contribution in [0.2, 0.25) is 0 Å². The van der Waals surface area contributed by atoms with Crippen LogP contribution in [0.3, 0.4) is 0 Å². The van der Waals surface area contributed by atoms with Crippen LogP contribution in [-0.4, -0.2) is 49.0 Å². The topological polar surface area (TPSA) is 139 Å². The number of thiophene rings is 2. The second-order valence-corrected chi connectivity index (χ2v) is 28.2. The van der Waals surface area contributed by atoms with Crippen LogP contribution >= 0.6 is 22.7 Å². The van der Waals surface area contributed by atoms with Crippen molar-refractivity contribution >= 4 is 129 Å². The molecule has 496 valence electrons. The Morgan fingerprint density at radius 1 is 0.236 bits per heavy atom. The number of rotatable bonds is 10. The lowest BCUT2D eigenvalue weighted by Gasteiger charge is -2.10. The summed E-state index contributed by atoms with van der Waals surface area (Å²) in [5, 5.41) is 8.61. The van der Waals surface area contributed by atoms with Crippen LogP contribution in [0.1, 0.15) is 0 Å². The molecule has 0 aliphatic rings. The third kappa shape index (κ3) is 10.2. The SMILES string of the molecule is c1ccc(-c2nc(-c3ccc4sc5ccccc5c4c3)nc(-c3cccc4oc5c(-c6nc7ccccc7n6-c6ccccc6)cccc5c34)n2)cc1.c1ccc(-c2nc(-c3cccc4oc5c(-c6nc7ccccc7n6-c6ccccc6)cccc5c34)nc(-c3cccc4sc5ccccc5c34)n2)cc1. The van der Waals surface area contributed by atoms with E-state index in [0.29, 0.717) is 34.9 Å². The number of hydrogen-bond donors (Lipinski definition) is 0. The van der Waals surface area contributed by atoms with Crippen molar-refractivity contribution in [1.82, 2.24) is 49.0 Å². The molecule has 0 aliphatic heterocycles. The average molecular weight is 1400 g/mol. The summed E-state index contributed by atoms with van der Waals surface area (Å²) in [4.78, 5) is 41.2. The number of aromatic nitrogens is 10. The molecule has 0 atom stereocenters. The fraction of sp³-hybridized carbons (Fsp3) is 0. The van der Waals surface area contributed by atoms with Gasteiger partial charge in [0.2, 0.25) is 0 Å². The largest absolute Gasteiger partial charge is 0.455 e. The first-order valence-electron chi connectivity index (χ1n) is 35.0. The minimum Gasteiger partial charge on any atom is -0.455 e. The van der Waals surface area contributed by atoms with E-state index >= 15 is 0 Å². The van der Waals surface area contributed by atoms with E-state index in [0.717, 1.165) is 139 Å². The molecule has 0 unspecified atom stereocenters. The molecule has 0 saturated carbocycles. The zero-order valence-corrected chi connectivity index (χ0v) is 57.9. The molecule has 0 amide bonds. The second kappa shape index (κ2) is 25.0. The Morgan fingerprint density at radius 2 is 0.604 bits per heavy atom. The van der Waals surface area contributed by atoms with Crippen LogP contribution in [0.15, 0.2) is 336 Å². The Kier molecular flexibility index (Phi) is 14.3. The Bertz CT molecular complexity index is 7220. The summed E-state index contributed by atoms with van der Waals surface area (Å²) in [5.74, 6) is 5.27. The van der Waals surface area contributed by atoms with Gasteiger partial charge in [0.1, 0.15) is 34.0 Å². The Morgan fingerprint density at radius 3 is 1.14 bits per heavy atom. The van der Waals surface area contributed by atoms with Crippen LogP contribution in [0, 0.1) is 0 Å². The maximum Gasteiger partial charge on any atom is 0.164 e. The van der Waals surface area contributed by atoms with Crippen molar-refractivity contribution in [3.63, 3.8) is 0 Å². The fourth-order valence-electron chi connectivity index (χ4n) is 15.0. The third-order valence-corrected chi connectivity index (χ3v) is 22.1. The number of para-hydroxylation sites is 8. The predicted octanol–water partition coefficient (Wildman–Crippen LogP) is 24.3. The average Bonchev–Trinajstić information content (AvgIpc) is 1.57. The lowest BCUT2D eigenvalue weighted by molar-refractivity contribution is 0.669. The molecule has 106 heavy (non-hydrogen) atoms. The Balaban J connectivity index is 0.000000136. The Hall–Kier alpha value is -13.9. The van der Waals surface area contributed by atoms with Crippen molar-refractivity contribution in [3.8, 4) is 102 Å². The molecule has 0 saturated heterocycles. The first-order chi connectivity index (χ1) is 52.5. The number of benzene rings is 14. The zero-order valence-electron chi connectivity index (χ0n) is 56.3. The number of hydrogen-bond acceptors (Lipinski definition) is 12. The Labute approximate surface area is 612 Å². The van der Waals surface area contributed by atoms with Gasteiger partial charge in [-0.15, -0.1) is 22.7 Å². The highest BCUT2D eigenvalue weighted by atomic mass is 32.1. The van der Waals surface area contributed by atoms with E-state index in [1.54, 1.807) is 22.7 Å². The molecule has 0 aliphatic carbocycles. The third-order valence-electron chi connectivity index (χ3n) is 19.8. The molecule has 0 N–H and O–H groups in total. The molecule has 8 heterocycles. The van der Waals surface area contributed by atoms with Gasteiger partial charge in [-0.3, -0.25) is 9.13 Å². The number of furan rings is 2. The first-order valence-corrected chi connectivity index (χ1v) is 36.6. The molecule has 22 rings (SSSR count). The van der Waals surface area contributed by atoms with Crippen molar-refractivity contribution in [3.05, 3.63) is 328 Å². The van der Waals surface area contributed by atoms with Gasteiger partial charge in [-0.2, -0.15) is 0 Å². The van der Waals surface area contributed by atoms with Gasteiger partial charge in [0.05, 0.1) is 33.2 Å². The molecular formula is C92H54N10O2S2. The molecule has 0 bridgehead atoms. The van der Waals surface area contributed by atoms with E-state index in [4.69, 9.17) is 48.7 Å². The lowest BCUT2D eigenvalue weighted by atomic mass is 10.0. The minimum atomic E-state index is 0.583. The van der Waals surface area contributed by atoms with E-state index in [2.05, 4.69) is 228 Å². The first kappa shape index (κ1) is 60.8. The van der Waals surface area contributed by atoms with Crippen LogP contribution in [0.4, 0.5) is 0 Å². The van der Waals surface area contributed by atoms with Crippen molar-refractivity contribution in [2.45, 2.75) is 0 Å². The highest BCUT2D eigenvalue weighted by Gasteiger charge is 2.27. The highest BCUT2D eigenvalue weighted by molar-refractivity contribution is 7.26. The second-order valence-electron chi connectivity index (χ2n) is 26.0. The van der Waals surface area contributed by atoms with Crippen molar-refractivity contribution in [2.75, 3.05) is 0 Å². The van der Waals surface area contributed by atoms with Gasteiger partial charge in [0.15, 0.2) is 34.9 Å². The molecule has 0 fully saturated rings. The summed E-state index contributed by atoms with van der Waals surface area (Å²) in [6.45, 7) is 0. The lowest BCUT2D eigenvalue weighted by Crippen LogP contribution is -2.00. The molecular weight excluding hydrogens is 1340 g/mol. The maximum absolute atomic E-state index is 6.79. The van der Waals surface area contributed by atoms with Gasteiger partial charge >= 0.3 is 0 Å². The summed E-state index contributed by atoms with van der Waals surface area (Å²) in [7, 11) is 0. The van der Waals surface area contributed by atoms with Crippen LogP contribution in [0.5, 0.6) is 0 Å². The van der Waals surface area contributed by atoms with E-state index in [1.807, 2.05) is 109 Å². The van der Waals surface area contributed by atoms with Crippen molar-refractivity contribution < 1.29 is 8.83 Å². The summed E-state index contributed by atoms with van der Waals surface area (Å²) in [6, 6.07) is 112. The predicted molar refractivity (Wildman–Crippen MR) is 433 cm³/mol. The van der Waals surface area contributed by atoms with E-state index in [9.17, 15) is 0 Å². The van der Waals surface area contributed by atoms with Crippen LogP contribution in [-0.2, 0) is 0 Å². The molecule has 14 heteroatoms. The monoisotopic (exact) mass is 1390 g/mol. The number of nitrogens with zero attached hydrogens (tertiary/aromatic N) is 10. The smallest absolute Gasteiger partial charge is 0.164 e. The normalized spacial score (nSPS) is 11.8. The fourth-order valence-corrected chi connectivity index (χ4v) is 17.2. The van der Waals surface area contributed by atoms with Gasteiger partial charge in [-0.05, 0) is 109 Å². The highest BCUT2D eigenvalue weighted by Crippen LogP contribution is 2.46.